The summed E-state index contributed by atoms with van der Waals surface area (Å²) < 4.78 is 5.40. The average Bonchev–Trinajstić information content (AvgIpc) is 2.48. The van der Waals surface area contributed by atoms with Gasteiger partial charge < -0.3 is 15.6 Å². The molecule has 1 aromatic carbocycles. The zero-order valence-corrected chi connectivity index (χ0v) is 11.7. The fraction of sp³-hybridized carbons (Fsp3) is 0.625. The summed E-state index contributed by atoms with van der Waals surface area (Å²) in [6.45, 7) is 4.14. The molecular formula is C16H25NO2. The number of ether oxygens (including phenoxy) is 1. The Labute approximate surface area is 115 Å². The fourth-order valence-electron chi connectivity index (χ4n) is 2.95. The van der Waals surface area contributed by atoms with Crippen molar-refractivity contribution in [2.75, 3.05) is 19.8 Å². The second kappa shape index (κ2) is 6.51. The van der Waals surface area contributed by atoms with Crippen molar-refractivity contribution in [2.45, 2.75) is 38.2 Å². The Kier molecular flexibility index (Phi) is 4.97. The largest absolute Gasteiger partial charge is 0.392 e. The molecule has 0 radical (unpaired) electrons. The number of hydrogen-bond acceptors (Lipinski definition) is 3. The molecule has 3 nitrogen and oxygen atoms in total. The van der Waals surface area contributed by atoms with E-state index >= 15 is 0 Å². The van der Waals surface area contributed by atoms with Gasteiger partial charge in [0.05, 0.1) is 6.10 Å². The smallest absolute Gasteiger partial charge is 0.0615 e. The van der Waals surface area contributed by atoms with Crippen LogP contribution in [0.4, 0.5) is 0 Å². The number of nitrogens with two attached hydrogens (primary N) is 1. The lowest BCUT2D eigenvalue weighted by atomic mass is 9.72. The molecule has 0 amide bonds. The van der Waals surface area contributed by atoms with Gasteiger partial charge in [0.25, 0.3) is 0 Å². The second-order valence-electron chi connectivity index (χ2n) is 5.74. The van der Waals surface area contributed by atoms with Gasteiger partial charge in [-0.2, -0.15) is 0 Å². The number of aliphatic hydroxyl groups excluding tert-OH is 1. The van der Waals surface area contributed by atoms with Crippen molar-refractivity contribution < 1.29 is 9.84 Å². The molecule has 1 aliphatic heterocycles. The van der Waals surface area contributed by atoms with E-state index in [2.05, 4.69) is 19.1 Å². The van der Waals surface area contributed by atoms with Crippen molar-refractivity contribution in [3.8, 4) is 0 Å². The van der Waals surface area contributed by atoms with Crippen molar-refractivity contribution in [3.63, 3.8) is 0 Å². The summed E-state index contributed by atoms with van der Waals surface area (Å²) >= 11 is 0. The maximum Gasteiger partial charge on any atom is 0.0615 e. The van der Waals surface area contributed by atoms with Crippen LogP contribution < -0.4 is 5.73 Å². The quantitative estimate of drug-likeness (QED) is 0.857. The van der Waals surface area contributed by atoms with Gasteiger partial charge in [-0.3, -0.25) is 0 Å². The monoisotopic (exact) mass is 263 g/mol. The topological polar surface area (TPSA) is 55.5 Å². The van der Waals surface area contributed by atoms with Crippen LogP contribution in [0.15, 0.2) is 30.3 Å². The molecule has 2 unspecified atom stereocenters. The summed E-state index contributed by atoms with van der Waals surface area (Å²) in [7, 11) is 0. The van der Waals surface area contributed by atoms with Gasteiger partial charge in [-0.25, -0.2) is 0 Å². The number of aliphatic hydroxyl groups is 1. The zero-order chi connectivity index (χ0) is 13.7. The normalized spacial score (nSPS) is 21.8. The molecular weight excluding hydrogens is 238 g/mol. The highest BCUT2D eigenvalue weighted by Crippen LogP contribution is 2.37. The van der Waals surface area contributed by atoms with E-state index in [-0.39, 0.29) is 11.5 Å². The lowest BCUT2D eigenvalue weighted by Crippen LogP contribution is -2.46. The van der Waals surface area contributed by atoms with Crippen LogP contribution in [-0.4, -0.2) is 31.0 Å². The molecule has 0 saturated carbocycles. The first-order chi connectivity index (χ1) is 9.18. The minimum absolute atomic E-state index is 0.151. The summed E-state index contributed by atoms with van der Waals surface area (Å²) in [6, 6.07) is 10.4. The number of rotatable bonds is 5. The highest BCUT2D eigenvalue weighted by molar-refractivity contribution is 5.19. The molecule has 2 rings (SSSR count). The van der Waals surface area contributed by atoms with E-state index in [4.69, 9.17) is 10.5 Å². The Balaban J connectivity index is 2.01. The maximum absolute atomic E-state index is 10.6. The number of hydrogen-bond donors (Lipinski definition) is 2. The molecule has 1 saturated heterocycles. The lowest BCUT2D eigenvalue weighted by molar-refractivity contribution is -0.0610. The van der Waals surface area contributed by atoms with E-state index in [1.807, 2.05) is 18.2 Å². The molecule has 0 aromatic heterocycles. The summed E-state index contributed by atoms with van der Waals surface area (Å²) in [6.07, 6.45) is 2.15. The summed E-state index contributed by atoms with van der Waals surface area (Å²) in [5.41, 5.74) is 7.07. The van der Waals surface area contributed by atoms with Crippen LogP contribution in [0.25, 0.3) is 0 Å². The van der Waals surface area contributed by atoms with E-state index in [9.17, 15) is 5.11 Å². The molecule has 1 aliphatic rings. The molecule has 1 aromatic rings. The van der Waals surface area contributed by atoms with Crippen LogP contribution in [0.3, 0.4) is 0 Å². The first-order valence-corrected chi connectivity index (χ1v) is 7.19. The van der Waals surface area contributed by atoms with Gasteiger partial charge in [0.2, 0.25) is 0 Å². The Bertz CT molecular complexity index is 374. The van der Waals surface area contributed by atoms with E-state index in [1.165, 1.54) is 5.56 Å². The minimum Gasteiger partial charge on any atom is -0.392 e. The zero-order valence-electron chi connectivity index (χ0n) is 11.7. The van der Waals surface area contributed by atoms with Gasteiger partial charge in [-0.15, -0.1) is 0 Å². The van der Waals surface area contributed by atoms with Crippen molar-refractivity contribution in [2.24, 2.45) is 11.1 Å². The van der Waals surface area contributed by atoms with Gasteiger partial charge in [0.1, 0.15) is 0 Å². The molecule has 106 valence electrons. The third-order valence-corrected chi connectivity index (χ3v) is 4.55. The Morgan fingerprint density at radius 2 is 1.89 bits per heavy atom. The minimum atomic E-state index is -0.350. The molecule has 3 heteroatoms. The van der Waals surface area contributed by atoms with Crippen LogP contribution >= 0.6 is 0 Å². The highest BCUT2D eigenvalue weighted by atomic mass is 16.5. The standard InChI is InChI=1S/C16H25NO2/c1-13(14-5-3-2-4-6-14)11-15(18)16(12-17)7-9-19-10-8-16/h2-6,13,15,18H,7-12,17H2,1H3. The van der Waals surface area contributed by atoms with E-state index in [1.54, 1.807) is 0 Å². The Morgan fingerprint density at radius 1 is 1.26 bits per heavy atom. The molecule has 2 atom stereocenters. The maximum atomic E-state index is 10.6. The van der Waals surface area contributed by atoms with Gasteiger partial charge in [0.15, 0.2) is 0 Å². The van der Waals surface area contributed by atoms with Gasteiger partial charge >= 0.3 is 0 Å². The molecule has 1 fully saturated rings. The third kappa shape index (κ3) is 3.35. The van der Waals surface area contributed by atoms with Crippen LogP contribution in [0, 0.1) is 5.41 Å². The molecule has 19 heavy (non-hydrogen) atoms. The van der Waals surface area contributed by atoms with E-state index in [0.717, 1.165) is 19.3 Å². The Hall–Kier alpha value is -0.900. The average molecular weight is 263 g/mol. The predicted octanol–water partition coefficient (Wildman–Crippen LogP) is 2.30. The molecule has 0 spiro atoms. The van der Waals surface area contributed by atoms with Crippen molar-refractivity contribution in [1.29, 1.82) is 0 Å². The summed E-state index contributed by atoms with van der Waals surface area (Å²) in [4.78, 5) is 0. The first kappa shape index (κ1) is 14.5. The lowest BCUT2D eigenvalue weighted by Gasteiger charge is -2.41. The van der Waals surface area contributed by atoms with Crippen LogP contribution in [-0.2, 0) is 4.74 Å². The highest BCUT2D eigenvalue weighted by Gasteiger charge is 2.38. The predicted molar refractivity (Wildman–Crippen MR) is 77.0 cm³/mol. The number of benzene rings is 1. The summed E-state index contributed by atoms with van der Waals surface area (Å²) in [5.74, 6) is 0.350. The third-order valence-electron chi connectivity index (χ3n) is 4.55. The van der Waals surface area contributed by atoms with E-state index in [0.29, 0.717) is 25.7 Å². The molecule has 3 N–H and O–H groups in total. The van der Waals surface area contributed by atoms with Gasteiger partial charge in [-0.05, 0) is 30.7 Å². The Morgan fingerprint density at radius 3 is 2.47 bits per heavy atom. The van der Waals surface area contributed by atoms with E-state index < -0.39 is 0 Å². The second-order valence-corrected chi connectivity index (χ2v) is 5.74. The fourth-order valence-corrected chi connectivity index (χ4v) is 2.95. The summed E-state index contributed by atoms with van der Waals surface area (Å²) in [5, 5.41) is 10.6. The first-order valence-electron chi connectivity index (χ1n) is 7.19. The SMILES string of the molecule is CC(CC(O)C1(CN)CCOCC1)c1ccccc1. The molecule has 0 bridgehead atoms. The van der Waals surface area contributed by atoms with Crippen molar-refractivity contribution >= 4 is 0 Å². The van der Waals surface area contributed by atoms with Crippen molar-refractivity contribution in [1.82, 2.24) is 0 Å². The van der Waals surface area contributed by atoms with Crippen LogP contribution in [0.2, 0.25) is 0 Å². The van der Waals surface area contributed by atoms with Gasteiger partial charge in [0, 0.05) is 25.2 Å². The van der Waals surface area contributed by atoms with Crippen molar-refractivity contribution in [3.05, 3.63) is 35.9 Å². The molecule has 1 heterocycles. The van der Waals surface area contributed by atoms with Gasteiger partial charge in [-0.1, -0.05) is 37.3 Å². The molecule has 0 aliphatic carbocycles. The van der Waals surface area contributed by atoms with Crippen LogP contribution in [0.1, 0.15) is 37.7 Å². The van der Waals surface area contributed by atoms with Crippen LogP contribution in [0.5, 0.6) is 0 Å².